The lowest BCUT2D eigenvalue weighted by Crippen LogP contribution is -2.49. The van der Waals surface area contributed by atoms with Crippen LogP contribution in [-0.4, -0.2) is 35.6 Å². The van der Waals surface area contributed by atoms with Crippen molar-refractivity contribution in [2.45, 2.75) is 44.6 Å². The average Bonchev–Trinajstić information content (AvgIpc) is 2.70. The molecule has 1 spiro atoms. The zero-order valence-corrected chi connectivity index (χ0v) is 14.4. The smallest absolute Gasteiger partial charge is 0.410 e. The van der Waals surface area contributed by atoms with Gasteiger partial charge in [-0.05, 0) is 51.3 Å². The minimum Gasteiger partial charge on any atom is -0.444 e. The molecule has 1 fully saturated rings. The minimum atomic E-state index is -0.557. The molecule has 2 aliphatic heterocycles. The van der Waals surface area contributed by atoms with Crippen molar-refractivity contribution in [3.63, 3.8) is 0 Å². The maximum Gasteiger partial charge on any atom is 0.410 e. The van der Waals surface area contributed by atoms with Gasteiger partial charge in [0.05, 0.1) is 5.41 Å². The number of rotatable bonds is 0. The highest BCUT2D eigenvalue weighted by Gasteiger charge is 2.49. The third-order valence-electron chi connectivity index (χ3n) is 4.45. The van der Waals surface area contributed by atoms with Crippen LogP contribution in [0.1, 0.15) is 39.2 Å². The van der Waals surface area contributed by atoms with Gasteiger partial charge < -0.3 is 15.0 Å². The monoisotopic (exact) mass is 336 g/mol. The maximum atomic E-state index is 12.5. The highest BCUT2D eigenvalue weighted by Crippen LogP contribution is 2.45. The van der Waals surface area contributed by atoms with Crippen molar-refractivity contribution in [1.29, 1.82) is 0 Å². The number of carbonyl (C=O) groups is 2. The molecule has 1 N–H and O–H groups in total. The summed E-state index contributed by atoms with van der Waals surface area (Å²) in [5.74, 6) is -0.00129. The Labute approximate surface area is 140 Å². The number of fused-ring (bicyclic) bond motifs is 2. The second-order valence-electron chi connectivity index (χ2n) is 7.19. The van der Waals surface area contributed by atoms with Crippen LogP contribution in [0.4, 0.5) is 10.5 Å². The molecule has 0 radical (unpaired) electrons. The molecule has 0 bridgehead atoms. The molecule has 3 rings (SSSR count). The van der Waals surface area contributed by atoms with Crippen LogP contribution in [0.15, 0.2) is 18.2 Å². The van der Waals surface area contributed by atoms with E-state index in [1.807, 2.05) is 32.9 Å². The lowest BCUT2D eigenvalue weighted by Gasteiger charge is -2.38. The largest absolute Gasteiger partial charge is 0.444 e. The van der Waals surface area contributed by atoms with Gasteiger partial charge in [0.2, 0.25) is 5.91 Å². The number of benzene rings is 1. The van der Waals surface area contributed by atoms with Crippen molar-refractivity contribution in [1.82, 2.24) is 4.90 Å². The first-order chi connectivity index (χ1) is 10.7. The number of nitrogens with zero attached hydrogens (tertiary/aromatic N) is 1. The van der Waals surface area contributed by atoms with E-state index in [2.05, 4.69) is 5.32 Å². The van der Waals surface area contributed by atoms with Gasteiger partial charge in [0.15, 0.2) is 0 Å². The summed E-state index contributed by atoms with van der Waals surface area (Å²) in [7, 11) is 0. The first-order valence-corrected chi connectivity index (χ1v) is 8.18. The van der Waals surface area contributed by atoms with Gasteiger partial charge >= 0.3 is 6.09 Å². The fourth-order valence-electron chi connectivity index (χ4n) is 3.30. The molecule has 6 heteroatoms. The second-order valence-corrected chi connectivity index (χ2v) is 7.63. The summed E-state index contributed by atoms with van der Waals surface area (Å²) >= 11 is 6.00. The summed E-state index contributed by atoms with van der Waals surface area (Å²) in [5, 5.41) is 3.53. The average molecular weight is 337 g/mol. The van der Waals surface area contributed by atoms with Gasteiger partial charge in [-0.2, -0.15) is 0 Å². The Morgan fingerprint density at radius 1 is 1.30 bits per heavy atom. The highest BCUT2D eigenvalue weighted by atomic mass is 35.5. The van der Waals surface area contributed by atoms with Crippen molar-refractivity contribution in [2.24, 2.45) is 0 Å². The number of piperidine rings is 1. The quantitative estimate of drug-likeness (QED) is 0.788. The number of carbonyl (C=O) groups excluding carboxylic acids is 2. The van der Waals surface area contributed by atoms with Crippen molar-refractivity contribution in [3.8, 4) is 0 Å². The number of hydrogen-bond acceptors (Lipinski definition) is 3. The molecule has 2 heterocycles. The van der Waals surface area contributed by atoms with E-state index in [0.717, 1.165) is 11.3 Å². The Morgan fingerprint density at radius 3 is 2.57 bits per heavy atom. The summed E-state index contributed by atoms with van der Waals surface area (Å²) in [6.07, 6.45) is 0.862. The number of likely N-dealkylation sites (tertiary alicyclic amines) is 1. The summed E-state index contributed by atoms with van der Waals surface area (Å²) in [5.41, 5.74) is 0.697. The van der Waals surface area contributed by atoms with E-state index < -0.39 is 11.0 Å². The van der Waals surface area contributed by atoms with E-state index in [4.69, 9.17) is 16.3 Å². The van der Waals surface area contributed by atoms with Gasteiger partial charge in [0.25, 0.3) is 0 Å². The normalized spacial score (nSPS) is 19.5. The molecule has 0 aromatic heterocycles. The van der Waals surface area contributed by atoms with Crippen molar-refractivity contribution in [2.75, 3.05) is 18.4 Å². The van der Waals surface area contributed by atoms with Crippen LogP contribution in [0.3, 0.4) is 0 Å². The van der Waals surface area contributed by atoms with E-state index in [1.54, 1.807) is 11.0 Å². The molecular weight excluding hydrogens is 316 g/mol. The van der Waals surface area contributed by atoms with Crippen molar-refractivity contribution < 1.29 is 14.3 Å². The Bertz CT molecular complexity index is 658. The molecule has 1 saturated heterocycles. The molecule has 0 aliphatic carbocycles. The molecule has 0 atom stereocenters. The Kier molecular flexibility index (Phi) is 3.79. The lowest BCUT2D eigenvalue weighted by atomic mass is 9.74. The fourth-order valence-corrected chi connectivity index (χ4v) is 3.47. The molecule has 2 aliphatic rings. The number of anilines is 1. The van der Waals surface area contributed by atoms with Gasteiger partial charge in [0, 0.05) is 23.8 Å². The predicted molar refractivity (Wildman–Crippen MR) is 88.8 cm³/mol. The SMILES string of the molecule is CC(C)(C)OC(=O)N1CCC2(CC1)C(=O)Nc1cc(Cl)ccc12. The molecule has 23 heavy (non-hydrogen) atoms. The first kappa shape index (κ1) is 16.1. The van der Waals surface area contributed by atoms with Crippen molar-refractivity contribution >= 4 is 29.3 Å². The van der Waals surface area contributed by atoms with E-state index in [-0.39, 0.29) is 12.0 Å². The van der Waals surface area contributed by atoms with Crippen LogP contribution < -0.4 is 5.32 Å². The molecule has 0 unspecified atom stereocenters. The van der Waals surface area contributed by atoms with Crippen LogP contribution in [0.2, 0.25) is 5.02 Å². The van der Waals surface area contributed by atoms with Gasteiger partial charge in [0.1, 0.15) is 5.60 Å². The number of hydrogen-bond donors (Lipinski definition) is 1. The first-order valence-electron chi connectivity index (χ1n) is 7.81. The van der Waals surface area contributed by atoms with Crippen LogP contribution in [0.25, 0.3) is 0 Å². The Morgan fingerprint density at radius 2 is 1.96 bits per heavy atom. The number of ether oxygens (including phenoxy) is 1. The van der Waals surface area contributed by atoms with E-state index in [1.165, 1.54) is 0 Å². The van der Waals surface area contributed by atoms with Gasteiger partial charge in [-0.1, -0.05) is 17.7 Å². The van der Waals surface area contributed by atoms with Crippen LogP contribution in [-0.2, 0) is 14.9 Å². The van der Waals surface area contributed by atoms with E-state index >= 15 is 0 Å². The summed E-state index contributed by atoms with van der Waals surface area (Å²) in [6.45, 7) is 6.55. The molecule has 0 saturated carbocycles. The van der Waals surface area contributed by atoms with Crippen LogP contribution in [0, 0.1) is 0 Å². The van der Waals surface area contributed by atoms with Gasteiger partial charge in [-0.25, -0.2) is 4.79 Å². The highest BCUT2D eigenvalue weighted by molar-refractivity contribution is 6.31. The summed E-state index contributed by atoms with van der Waals surface area (Å²) < 4.78 is 5.41. The summed E-state index contributed by atoms with van der Waals surface area (Å²) in [6, 6.07) is 5.51. The minimum absolute atomic E-state index is 0.00129. The Hall–Kier alpha value is -1.75. The third kappa shape index (κ3) is 2.90. The van der Waals surface area contributed by atoms with Crippen LogP contribution in [0.5, 0.6) is 0 Å². The molecule has 5 nitrogen and oxygen atoms in total. The van der Waals surface area contributed by atoms with Gasteiger partial charge in [-0.3, -0.25) is 4.79 Å². The maximum absolute atomic E-state index is 12.5. The third-order valence-corrected chi connectivity index (χ3v) is 4.68. The summed E-state index contributed by atoms with van der Waals surface area (Å²) in [4.78, 5) is 26.4. The fraction of sp³-hybridized carbons (Fsp3) is 0.529. The topological polar surface area (TPSA) is 58.6 Å². The van der Waals surface area contributed by atoms with E-state index in [0.29, 0.717) is 31.0 Å². The predicted octanol–water partition coefficient (Wildman–Crippen LogP) is 3.56. The zero-order valence-electron chi connectivity index (χ0n) is 13.6. The number of nitrogens with one attached hydrogen (secondary N) is 1. The standard InChI is InChI=1S/C17H21ClN2O3/c1-16(2,3)23-15(22)20-8-6-17(7-9-20)12-5-4-11(18)10-13(12)19-14(17)21/h4-5,10H,6-9H2,1-3H3,(H,19,21). The lowest BCUT2D eigenvalue weighted by molar-refractivity contribution is -0.122. The molecule has 1 aromatic rings. The second kappa shape index (κ2) is 5.41. The zero-order chi connectivity index (χ0) is 16.8. The number of halogens is 1. The Balaban J connectivity index is 1.76. The van der Waals surface area contributed by atoms with Gasteiger partial charge in [-0.15, -0.1) is 0 Å². The van der Waals surface area contributed by atoms with Crippen LogP contribution >= 0.6 is 11.6 Å². The van der Waals surface area contributed by atoms with Crippen molar-refractivity contribution in [3.05, 3.63) is 28.8 Å². The molecule has 1 aromatic carbocycles. The molecule has 2 amide bonds. The van der Waals surface area contributed by atoms with E-state index in [9.17, 15) is 9.59 Å². The molecule has 124 valence electrons. The molecular formula is C17H21ClN2O3. The number of amides is 2.